The minimum Gasteiger partial charge on any atom is -0.467 e. The van der Waals surface area contributed by atoms with Gasteiger partial charge in [0.15, 0.2) is 0 Å². The predicted molar refractivity (Wildman–Crippen MR) is 75.9 cm³/mol. The van der Waals surface area contributed by atoms with Gasteiger partial charge in [-0.3, -0.25) is 0 Å². The predicted octanol–water partition coefficient (Wildman–Crippen LogP) is 3.06. The molecule has 0 amide bonds. The van der Waals surface area contributed by atoms with Crippen molar-refractivity contribution in [2.24, 2.45) is 0 Å². The number of esters is 1. The largest absolute Gasteiger partial charge is 0.467 e. The van der Waals surface area contributed by atoms with Crippen molar-refractivity contribution in [3.63, 3.8) is 0 Å². The standard InChI is InChI=1S/C14H18FNO2S/c1-10-14(13(17)18-2,7-4-8-19-10)16-12-6-3-5-11(15)9-12/h3,5-6,9-10,16H,4,7-8H2,1-2H3. The zero-order chi connectivity index (χ0) is 13.9. The number of methoxy groups -OCH3 is 1. The molecule has 1 saturated heterocycles. The Morgan fingerprint density at radius 3 is 3.00 bits per heavy atom. The number of thioether (sulfide) groups is 1. The number of benzene rings is 1. The summed E-state index contributed by atoms with van der Waals surface area (Å²) < 4.78 is 18.2. The zero-order valence-electron chi connectivity index (χ0n) is 11.1. The van der Waals surface area contributed by atoms with Gasteiger partial charge in [0.2, 0.25) is 0 Å². The van der Waals surface area contributed by atoms with Crippen molar-refractivity contribution in [2.45, 2.75) is 30.6 Å². The molecular weight excluding hydrogens is 265 g/mol. The maximum atomic E-state index is 13.3. The van der Waals surface area contributed by atoms with Gasteiger partial charge in [-0.05, 0) is 36.8 Å². The average Bonchev–Trinajstić information content (AvgIpc) is 2.40. The van der Waals surface area contributed by atoms with E-state index >= 15 is 0 Å². The molecule has 3 nitrogen and oxygen atoms in total. The number of rotatable bonds is 3. The second-order valence-corrected chi connectivity index (χ2v) is 6.16. The van der Waals surface area contributed by atoms with Crippen LogP contribution in [0.25, 0.3) is 0 Å². The minimum atomic E-state index is -0.772. The summed E-state index contributed by atoms with van der Waals surface area (Å²) in [6.45, 7) is 2.01. The molecule has 0 aromatic heterocycles. The molecule has 1 aromatic carbocycles. The molecular formula is C14H18FNO2S. The number of anilines is 1. The molecule has 2 rings (SSSR count). The highest BCUT2D eigenvalue weighted by Crippen LogP contribution is 2.37. The Bertz CT molecular complexity index is 469. The summed E-state index contributed by atoms with van der Waals surface area (Å²) in [6.07, 6.45) is 1.64. The fraction of sp³-hybridized carbons (Fsp3) is 0.500. The van der Waals surface area contributed by atoms with Crippen LogP contribution in [-0.4, -0.2) is 29.6 Å². The summed E-state index contributed by atoms with van der Waals surface area (Å²) in [7, 11) is 1.39. The molecule has 1 aliphatic heterocycles. The zero-order valence-corrected chi connectivity index (χ0v) is 11.9. The van der Waals surface area contributed by atoms with Crippen molar-refractivity contribution in [1.82, 2.24) is 0 Å². The number of carbonyl (C=O) groups is 1. The van der Waals surface area contributed by atoms with Crippen LogP contribution in [0.2, 0.25) is 0 Å². The smallest absolute Gasteiger partial charge is 0.332 e. The van der Waals surface area contributed by atoms with E-state index in [1.807, 2.05) is 6.92 Å². The third-order valence-corrected chi connectivity index (χ3v) is 4.95. The van der Waals surface area contributed by atoms with E-state index in [0.29, 0.717) is 12.1 Å². The molecule has 0 spiro atoms. The van der Waals surface area contributed by atoms with E-state index in [0.717, 1.165) is 12.2 Å². The topological polar surface area (TPSA) is 38.3 Å². The third kappa shape index (κ3) is 2.86. The molecule has 1 N–H and O–H groups in total. The van der Waals surface area contributed by atoms with Gasteiger partial charge >= 0.3 is 5.97 Å². The number of nitrogens with one attached hydrogen (secondary N) is 1. The molecule has 0 aliphatic carbocycles. The number of halogens is 1. The molecule has 1 fully saturated rings. The van der Waals surface area contributed by atoms with Gasteiger partial charge in [0.05, 0.1) is 7.11 Å². The maximum Gasteiger partial charge on any atom is 0.332 e. The summed E-state index contributed by atoms with van der Waals surface area (Å²) in [5, 5.41) is 3.28. The van der Waals surface area contributed by atoms with E-state index in [9.17, 15) is 9.18 Å². The van der Waals surface area contributed by atoms with Crippen LogP contribution in [0.3, 0.4) is 0 Å². The molecule has 2 atom stereocenters. The highest BCUT2D eigenvalue weighted by Gasteiger charge is 2.46. The Morgan fingerprint density at radius 1 is 1.58 bits per heavy atom. The highest BCUT2D eigenvalue weighted by molar-refractivity contribution is 8.00. The molecule has 0 radical (unpaired) electrons. The lowest BCUT2D eigenvalue weighted by molar-refractivity contribution is -0.146. The van der Waals surface area contributed by atoms with Crippen LogP contribution < -0.4 is 5.32 Å². The summed E-state index contributed by atoms with van der Waals surface area (Å²) in [6, 6.07) is 6.18. The van der Waals surface area contributed by atoms with Gasteiger partial charge in [0, 0.05) is 10.9 Å². The second kappa shape index (κ2) is 5.82. The first-order valence-electron chi connectivity index (χ1n) is 6.32. The Labute approximate surface area is 116 Å². The third-order valence-electron chi connectivity index (χ3n) is 3.52. The van der Waals surface area contributed by atoms with E-state index in [4.69, 9.17) is 4.74 Å². The Kier molecular flexibility index (Phi) is 4.34. The monoisotopic (exact) mass is 283 g/mol. The number of hydrogen-bond acceptors (Lipinski definition) is 4. The molecule has 104 valence electrons. The van der Waals surface area contributed by atoms with Crippen LogP contribution in [0, 0.1) is 5.82 Å². The first-order chi connectivity index (χ1) is 9.08. The highest BCUT2D eigenvalue weighted by atomic mass is 32.2. The van der Waals surface area contributed by atoms with E-state index in [2.05, 4.69) is 5.32 Å². The van der Waals surface area contributed by atoms with Crippen LogP contribution in [0.4, 0.5) is 10.1 Å². The van der Waals surface area contributed by atoms with E-state index in [1.54, 1.807) is 23.9 Å². The van der Waals surface area contributed by atoms with Crippen LogP contribution in [0.15, 0.2) is 24.3 Å². The van der Waals surface area contributed by atoms with Gasteiger partial charge in [-0.1, -0.05) is 13.0 Å². The van der Waals surface area contributed by atoms with Gasteiger partial charge in [0.1, 0.15) is 11.4 Å². The second-order valence-electron chi connectivity index (χ2n) is 4.71. The molecule has 5 heteroatoms. The van der Waals surface area contributed by atoms with Crippen molar-refractivity contribution >= 4 is 23.4 Å². The first-order valence-corrected chi connectivity index (χ1v) is 7.37. The van der Waals surface area contributed by atoms with Gasteiger partial charge in [-0.2, -0.15) is 11.8 Å². The lowest BCUT2D eigenvalue weighted by Gasteiger charge is -2.40. The Hall–Kier alpha value is -1.23. The quantitative estimate of drug-likeness (QED) is 0.865. The molecule has 0 bridgehead atoms. The van der Waals surface area contributed by atoms with Crippen LogP contribution in [0.1, 0.15) is 19.8 Å². The van der Waals surface area contributed by atoms with E-state index < -0.39 is 5.54 Å². The van der Waals surface area contributed by atoms with Crippen LogP contribution in [-0.2, 0) is 9.53 Å². The van der Waals surface area contributed by atoms with E-state index in [-0.39, 0.29) is 17.0 Å². The fourth-order valence-electron chi connectivity index (χ4n) is 2.45. The molecule has 19 heavy (non-hydrogen) atoms. The molecule has 1 aromatic rings. The molecule has 2 unspecified atom stereocenters. The lowest BCUT2D eigenvalue weighted by Crippen LogP contribution is -2.55. The Balaban J connectivity index is 2.30. The van der Waals surface area contributed by atoms with Gasteiger partial charge in [-0.25, -0.2) is 9.18 Å². The molecule has 0 saturated carbocycles. The molecule has 1 aliphatic rings. The van der Waals surface area contributed by atoms with Crippen molar-refractivity contribution in [3.8, 4) is 0 Å². The Morgan fingerprint density at radius 2 is 2.37 bits per heavy atom. The fourth-order valence-corrected chi connectivity index (χ4v) is 3.67. The first kappa shape index (κ1) is 14.2. The van der Waals surface area contributed by atoms with E-state index in [1.165, 1.54) is 19.2 Å². The molecule has 1 heterocycles. The summed E-state index contributed by atoms with van der Waals surface area (Å²) in [4.78, 5) is 12.2. The van der Waals surface area contributed by atoms with Crippen LogP contribution in [0.5, 0.6) is 0 Å². The summed E-state index contributed by atoms with van der Waals surface area (Å²) in [5.41, 5.74) is -0.161. The number of hydrogen-bond donors (Lipinski definition) is 1. The van der Waals surface area contributed by atoms with Gasteiger partial charge in [-0.15, -0.1) is 0 Å². The lowest BCUT2D eigenvalue weighted by atomic mass is 9.89. The minimum absolute atomic E-state index is 0.0805. The summed E-state index contributed by atoms with van der Waals surface area (Å²) >= 11 is 1.74. The summed E-state index contributed by atoms with van der Waals surface area (Å²) in [5.74, 6) is 0.433. The normalized spacial score (nSPS) is 26.8. The average molecular weight is 283 g/mol. The number of carbonyl (C=O) groups excluding carboxylic acids is 1. The van der Waals surface area contributed by atoms with Crippen molar-refractivity contribution in [2.75, 3.05) is 18.2 Å². The van der Waals surface area contributed by atoms with Crippen molar-refractivity contribution in [1.29, 1.82) is 0 Å². The van der Waals surface area contributed by atoms with Gasteiger partial charge < -0.3 is 10.1 Å². The van der Waals surface area contributed by atoms with Gasteiger partial charge in [0.25, 0.3) is 0 Å². The van der Waals surface area contributed by atoms with Crippen molar-refractivity contribution < 1.29 is 13.9 Å². The van der Waals surface area contributed by atoms with Crippen molar-refractivity contribution in [3.05, 3.63) is 30.1 Å². The van der Waals surface area contributed by atoms with Crippen LogP contribution >= 0.6 is 11.8 Å². The number of ether oxygens (including phenoxy) is 1. The SMILES string of the molecule is COC(=O)C1(Nc2cccc(F)c2)CCCSC1C. The maximum absolute atomic E-state index is 13.3.